The van der Waals surface area contributed by atoms with Gasteiger partial charge in [-0.1, -0.05) is 36.4 Å². The van der Waals surface area contributed by atoms with Crippen LogP contribution >= 0.6 is 34.4 Å². The van der Waals surface area contributed by atoms with E-state index in [1.165, 1.54) is 28.0 Å². The lowest BCUT2D eigenvalue weighted by Crippen LogP contribution is -2.42. The average Bonchev–Trinajstić information content (AvgIpc) is 3.30. The number of aromatic nitrogens is 1. The summed E-state index contributed by atoms with van der Waals surface area (Å²) in [5.74, 6) is 0.492. The molecule has 5 nitrogen and oxygen atoms in total. The van der Waals surface area contributed by atoms with Gasteiger partial charge in [0.2, 0.25) is 5.91 Å². The van der Waals surface area contributed by atoms with Crippen molar-refractivity contribution < 1.29 is 9.59 Å². The fourth-order valence-electron chi connectivity index (χ4n) is 2.17. The van der Waals surface area contributed by atoms with Gasteiger partial charge in [0.25, 0.3) is 5.91 Å². The highest BCUT2D eigenvalue weighted by molar-refractivity contribution is 7.99. The van der Waals surface area contributed by atoms with E-state index in [9.17, 15) is 9.59 Å². The van der Waals surface area contributed by atoms with Crippen LogP contribution in [0.15, 0.2) is 47.8 Å². The van der Waals surface area contributed by atoms with Crippen LogP contribution in [0.3, 0.4) is 0 Å². The number of nitrogens with zero attached hydrogens (tertiary/aromatic N) is 1. The van der Waals surface area contributed by atoms with Gasteiger partial charge in [-0.25, -0.2) is 4.98 Å². The second-order valence-corrected chi connectivity index (χ2v) is 8.39. The number of carbonyl (C=O) groups is 2. The number of thiazole rings is 1. The third kappa shape index (κ3) is 4.94. The van der Waals surface area contributed by atoms with Gasteiger partial charge in [0, 0.05) is 16.2 Å². The molecule has 0 radical (unpaired) electrons. The Balaban J connectivity index is 1.50. The Morgan fingerprint density at radius 2 is 1.92 bits per heavy atom. The maximum atomic E-state index is 12.3. The highest BCUT2D eigenvalue weighted by Gasteiger charge is 2.16. The van der Waals surface area contributed by atoms with E-state index in [0.29, 0.717) is 10.6 Å². The van der Waals surface area contributed by atoms with Gasteiger partial charge in [0.05, 0.1) is 11.4 Å². The number of hydrazine groups is 1. The Bertz CT molecular complexity index is 876. The molecule has 0 aliphatic heterocycles. The normalized spacial score (nSPS) is 10.5. The van der Waals surface area contributed by atoms with Crippen molar-refractivity contribution in [2.45, 2.75) is 12.7 Å². The van der Waals surface area contributed by atoms with Crippen LogP contribution in [0.5, 0.6) is 0 Å². The summed E-state index contributed by atoms with van der Waals surface area (Å²) < 4.78 is 0. The number of thiophene rings is 1. The van der Waals surface area contributed by atoms with Gasteiger partial charge >= 0.3 is 0 Å². The number of amides is 2. The molecule has 3 rings (SSSR count). The lowest BCUT2D eigenvalue weighted by Gasteiger charge is -2.06. The highest BCUT2D eigenvalue weighted by Crippen LogP contribution is 2.27. The smallest absolute Gasteiger partial charge is 0.272 e. The molecule has 26 heavy (non-hydrogen) atoms. The molecular weight excluding hydrogens is 386 g/mol. The van der Waals surface area contributed by atoms with E-state index in [0.717, 1.165) is 16.3 Å². The van der Waals surface area contributed by atoms with Crippen molar-refractivity contribution >= 4 is 46.2 Å². The second-order valence-electron chi connectivity index (χ2n) is 5.37. The lowest BCUT2D eigenvalue weighted by atomic mass is 10.2. The third-order valence-electron chi connectivity index (χ3n) is 3.40. The van der Waals surface area contributed by atoms with Crippen LogP contribution in [0.2, 0.25) is 0 Å². The molecule has 2 N–H and O–H groups in total. The van der Waals surface area contributed by atoms with E-state index >= 15 is 0 Å². The maximum absolute atomic E-state index is 12.3. The predicted molar refractivity (Wildman–Crippen MR) is 108 cm³/mol. The predicted octanol–water partition coefficient (Wildman–Crippen LogP) is 3.87. The minimum absolute atomic E-state index is 0.231. The molecule has 1 aromatic carbocycles. The van der Waals surface area contributed by atoms with Crippen LogP contribution < -0.4 is 10.9 Å². The van der Waals surface area contributed by atoms with E-state index < -0.39 is 0 Å². The number of aryl methyl sites for hydroxylation is 1. The van der Waals surface area contributed by atoms with Crippen LogP contribution in [-0.4, -0.2) is 22.6 Å². The number of hydrogen-bond donors (Lipinski definition) is 2. The molecule has 134 valence electrons. The van der Waals surface area contributed by atoms with E-state index in [1.54, 1.807) is 18.3 Å². The molecule has 0 saturated carbocycles. The van der Waals surface area contributed by atoms with Gasteiger partial charge in [-0.2, -0.15) is 0 Å². The summed E-state index contributed by atoms with van der Waals surface area (Å²) >= 11 is 4.48. The summed E-state index contributed by atoms with van der Waals surface area (Å²) in [6.07, 6.45) is 0. The van der Waals surface area contributed by atoms with Gasteiger partial charge in [-0.15, -0.1) is 34.4 Å². The summed E-state index contributed by atoms with van der Waals surface area (Å²) in [6.45, 7) is 1.79. The minimum Gasteiger partial charge on any atom is -0.272 e. The van der Waals surface area contributed by atoms with E-state index in [4.69, 9.17) is 0 Å². The Labute approximate surface area is 163 Å². The molecule has 0 aliphatic rings. The zero-order valence-electron chi connectivity index (χ0n) is 14.0. The molecule has 0 aliphatic carbocycles. The number of hydrogen-bond acceptors (Lipinski definition) is 6. The Kier molecular flexibility index (Phi) is 6.43. The first kappa shape index (κ1) is 18.6. The fourth-order valence-corrected chi connectivity index (χ4v) is 4.80. The van der Waals surface area contributed by atoms with Crippen molar-refractivity contribution in [1.82, 2.24) is 15.8 Å². The summed E-state index contributed by atoms with van der Waals surface area (Å²) in [5.41, 5.74) is 6.54. The van der Waals surface area contributed by atoms with Gasteiger partial charge in [0.1, 0.15) is 9.88 Å². The zero-order valence-corrected chi connectivity index (χ0v) is 16.5. The fraction of sp³-hybridized carbons (Fsp3) is 0.167. The van der Waals surface area contributed by atoms with Crippen molar-refractivity contribution in [3.8, 4) is 10.6 Å². The topological polar surface area (TPSA) is 71.1 Å². The number of nitrogens with one attached hydrogen (secondary N) is 2. The number of thioether (sulfide) groups is 1. The van der Waals surface area contributed by atoms with Crippen molar-refractivity contribution in [3.05, 3.63) is 63.3 Å². The molecular formula is C18H17N3O2S3. The summed E-state index contributed by atoms with van der Waals surface area (Å²) in [5, 5.41) is 2.79. The van der Waals surface area contributed by atoms with E-state index in [2.05, 4.69) is 15.8 Å². The van der Waals surface area contributed by atoms with Gasteiger partial charge in [-0.05, 0) is 18.4 Å². The first-order chi connectivity index (χ1) is 12.6. The molecule has 0 saturated heterocycles. The molecule has 0 atom stereocenters. The van der Waals surface area contributed by atoms with E-state index in [-0.39, 0.29) is 17.6 Å². The average molecular weight is 404 g/mol. The second kappa shape index (κ2) is 8.98. The molecule has 0 fully saturated rings. The van der Waals surface area contributed by atoms with Crippen LogP contribution in [0, 0.1) is 6.92 Å². The van der Waals surface area contributed by atoms with Crippen LogP contribution in [0.1, 0.15) is 20.2 Å². The van der Waals surface area contributed by atoms with Crippen LogP contribution in [0.25, 0.3) is 10.6 Å². The molecule has 2 heterocycles. The zero-order chi connectivity index (χ0) is 18.4. The summed E-state index contributed by atoms with van der Waals surface area (Å²) in [4.78, 5) is 30.3. The van der Waals surface area contributed by atoms with Gasteiger partial charge < -0.3 is 0 Å². The number of benzene rings is 1. The van der Waals surface area contributed by atoms with E-state index in [1.807, 2.05) is 47.8 Å². The molecule has 2 amide bonds. The van der Waals surface area contributed by atoms with Gasteiger partial charge in [-0.3, -0.25) is 20.4 Å². The molecule has 0 spiro atoms. The molecule has 0 unspecified atom stereocenters. The third-order valence-corrected chi connectivity index (χ3v) is 6.64. The van der Waals surface area contributed by atoms with Gasteiger partial charge in [0.15, 0.2) is 0 Å². The minimum atomic E-state index is -0.348. The molecule has 8 heteroatoms. The SMILES string of the molecule is Cc1nc(-c2ccccc2)sc1C(=O)NNC(=O)CSCc1cccs1. The summed E-state index contributed by atoms with van der Waals surface area (Å²) in [6, 6.07) is 13.7. The van der Waals surface area contributed by atoms with Crippen molar-refractivity contribution in [3.63, 3.8) is 0 Å². The van der Waals surface area contributed by atoms with Crippen molar-refractivity contribution in [2.24, 2.45) is 0 Å². The van der Waals surface area contributed by atoms with Crippen LogP contribution in [-0.2, 0) is 10.5 Å². The quantitative estimate of drug-likeness (QED) is 0.613. The monoisotopic (exact) mass is 403 g/mol. The highest BCUT2D eigenvalue weighted by atomic mass is 32.2. The van der Waals surface area contributed by atoms with Crippen LogP contribution in [0.4, 0.5) is 0 Å². The molecule has 2 aromatic heterocycles. The maximum Gasteiger partial charge on any atom is 0.281 e. The van der Waals surface area contributed by atoms with Crippen molar-refractivity contribution in [2.75, 3.05) is 5.75 Å². The largest absolute Gasteiger partial charge is 0.281 e. The molecule has 0 bridgehead atoms. The summed E-state index contributed by atoms with van der Waals surface area (Å²) in [7, 11) is 0. The Hall–Kier alpha value is -2.16. The first-order valence-electron chi connectivity index (χ1n) is 7.85. The van der Waals surface area contributed by atoms with Crippen molar-refractivity contribution in [1.29, 1.82) is 0 Å². The molecule has 3 aromatic rings. The lowest BCUT2D eigenvalue weighted by molar-refractivity contribution is -0.119. The first-order valence-corrected chi connectivity index (χ1v) is 10.7. The standard InChI is InChI=1S/C18H17N3O2S3/c1-12-16(26-18(19-12)13-6-3-2-4-7-13)17(23)21-20-15(22)11-24-10-14-8-5-9-25-14/h2-9H,10-11H2,1H3,(H,20,22)(H,21,23). The number of rotatable bonds is 6. The Morgan fingerprint density at radius 1 is 1.12 bits per heavy atom. The Morgan fingerprint density at radius 3 is 2.65 bits per heavy atom. The number of carbonyl (C=O) groups excluding carboxylic acids is 2.